The third-order valence-corrected chi connectivity index (χ3v) is 4.23. The minimum atomic E-state index is -0.493. The highest BCUT2D eigenvalue weighted by molar-refractivity contribution is 9.10. The number of carbonyl (C=O) groups excluding carboxylic acids is 2. The second-order valence-electron chi connectivity index (χ2n) is 4.35. The molecule has 2 aromatic rings. The lowest BCUT2D eigenvalue weighted by Crippen LogP contribution is -2.43. The molecule has 2 N–H and O–H groups in total. The molecular formula is C15H11Br2ClN2O3. The SMILES string of the molecule is O=C(COc1ccc(Cl)cc1Br)NNC(=O)c1ccccc1Br. The third-order valence-electron chi connectivity index (χ3n) is 2.69. The van der Waals surface area contributed by atoms with Crippen molar-refractivity contribution in [3.63, 3.8) is 0 Å². The summed E-state index contributed by atoms with van der Waals surface area (Å²) in [7, 11) is 0. The van der Waals surface area contributed by atoms with Gasteiger partial charge in [0.25, 0.3) is 11.8 Å². The molecule has 0 heterocycles. The lowest BCUT2D eigenvalue weighted by Gasteiger charge is -2.10. The van der Waals surface area contributed by atoms with Gasteiger partial charge in [0.05, 0.1) is 10.0 Å². The number of rotatable bonds is 4. The van der Waals surface area contributed by atoms with Gasteiger partial charge in [0.2, 0.25) is 0 Å². The molecule has 0 spiro atoms. The maximum atomic E-state index is 11.9. The van der Waals surface area contributed by atoms with Gasteiger partial charge >= 0.3 is 0 Å². The molecule has 2 aromatic carbocycles. The second kappa shape index (κ2) is 8.33. The van der Waals surface area contributed by atoms with E-state index in [0.717, 1.165) is 0 Å². The number of benzene rings is 2. The van der Waals surface area contributed by atoms with E-state index >= 15 is 0 Å². The van der Waals surface area contributed by atoms with Gasteiger partial charge in [0.15, 0.2) is 6.61 Å². The average Bonchev–Trinajstić information content (AvgIpc) is 2.52. The van der Waals surface area contributed by atoms with Crippen LogP contribution < -0.4 is 15.6 Å². The van der Waals surface area contributed by atoms with E-state index in [-0.39, 0.29) is 6.61 Å². The molecule has 0 aliphatic carbocycles. The van der Waals surface area contributed by atoms with Crippen LogP contribution in [0, 0.1) is 0 Å². The summed E-state index contributed by atoms with van der Waals surface area (Å²) in [6.45, 7) is -0.254. The molecule has 120 valence electrons. The Balaban J connectivity index is 1.83. The first kappa shape index (κ1) is 17.8. The first-order valence-electron chi connectivity index (χ1n) is 6.39. The van der Waals surface area contributed by atoms with Crippen molar-refractivity contribution in [2.75, 3.05) is 6.61 Å². The van der Waals surface area contributed by atoms with E-state index in [9.17, 15) is 9.59 Å². The van der Waals surface area contributed by atoms with Crippen molar-refractivity contribution in [2.45, 2.75) is 0 Å². The van der Waals surface area contributed by atoms with E-state index in [1.165, 1.54) is 0 Å². The van der Waals surface area contributed by atoms with E-state index in [1.807, 2.05) is 0 Å². The minimum absolute atomic E-state index is 0.254. The number of halogens is 3. The molecule has 0 aliphatic heterocycles. The Morgan fingerprint density at radius 1 is 1.04 bits per heavy atom. The number of ether oxygens (including phenoxy) is 1. The van der Waals surface area contributed by atoms with Crippen LogP contribution in [0.4, 0.5) is 0 Å². The van der Waals surface area contributed by atoms with Crippen LogP contribution in [0.3, 0.4) is 0 Å². The lowest BCUT2D eigenvalue weighted by molar-refractivity contribution is -0.123. The van der Waals surface area contributed by atoms with Crippen LogP contribution in [0.2, 0.25) is 5.02 Å². The van der Waals surface area contributed by atoms with Crippen LogP contribution in [-0.4, -0.2) is 18.4 Å². The Labute approximate surface area is 154 Å². The fourth-order valence-electron chi connectivity index (χ4n) is 1.61. The molecule has 2 amide bonds. The number of hydrogen-bond acceptors (Lipinski definition) is 3. The van der Waals surface area contributed by atoms with Crippen molar-refractivity contribution in [3.05, 3.63) is 62.0 Å². The summed E-state index contributed by atoms with van der Waals surface area (Å²) in [6, 6.07) is 11.8. The predicted molar refractivity (Wildman–Crippen MR) is 94.4 cm³/mol. The van der Waals surface area contributed by atoms with Crippen molar-refractivity contribution in [1.29, 1.82) is 0 Å². The molecule has 5 nitrogen and oxygen atoms in total. The Kier molecular flexibility index (Phi) is 6.44. The van der Waals surface area contributed by atoms with Gasteiger partial charge in [-0.15, -0.1) is 0 Å². The molecule has 0 saturated carbocycles. The molecule has 0 radical (unpaired) electrons. The molecule has 0 aliphatic rings. The fraction of sp³-hybridized carbons (Fsp3) is 0.0667. The van der Waals surface area contributed by atoms with Crippen LogP contribution in [0.25, 0.3) is 0 Å². The third kappa shape index (κ3) is 5.23. The van der Waals surface area contributed by atoms with E-state index < -0.39 is 11.8 Å². The summed E-state index contributed by atoms with van der Waals surface area (Å²) in [5.41, 5.74) is 5.01. The van der Waals surface area contributed by atoms with Crippen molar-refractivity contribution < 1.29 is 14.3 Å². The number of carbonyl (C=O) groups is 2. The standard InChI is InChI=1S/C15H11Br2ClN2O3/c16-11-4-2-1-3-10(11)15(22)20-19-14(21)8-23-13-6-5-9(18)7-12(13)17/h1-7H,8H2,(H,19,21)(H,20,22). The normalized spacial score (nSPS) is 10.0. The summed E-state index contributed by atoms with van der Waals surface area (Å²) < 4.78 is 6.60. The minimum Gasteiger partial charge on any atom is -0.483 e. The van der Waals surface area contributed by atoms with Gasteiger partial charge < -0.3 is 4.74 Å². The highest BCUT2D eigenvalue weighted by Gasteiger charge is 2.11. The molecule has 0 unspecified atom stereocenters. The topological polar surface area (TPSA) is 67.4 Å². The molecule has 0 aromatic heterocycles. The van der Waals surface area contributed by atoms with Crippen molar-refractivity contribution in [2.24, 2.45) is 0 Å². The van der Waals surface area contributed by atoms with Crippen LogP contribution in [0.5, 0.6) is 5.75 Å². The molecule has 23 heavy (non-hydrogen) atoms. The summed E-state index contributed by atoms with van der Waals surface area (Å²) in [4.78, 5) is 23.6. The van der Waals surface area contributed by atoms with Gasteiger partial charge in [0, 0.05) is 9.50 Å². The van der Waals surface area contributed by atoms with E-state index in [0.29, 0.717) is 25.3 Å². The summed E-state index contributed by atoms with van der Waals surface area (Å²) in [5, 5.41) is 0.550. The van der Waals surface area contributed by atoms with Crippen LogP contribution in [0.15, 0.2) is 51.4 Å². The lowest BCUT2D eigenvalue weighted by atomic mass is 10.2. The smallest absolute Gasteiger partial charge is 0.276 e. The van der Waals surface area contributed by atoms with Crippen LogP contribution in [0.1, 0.15) is 10.4 Å². The largest absolute Gasteiger partial charge is 0.483 e. The monoisotopic (exact) mass is 460 g/mol. The Morgan fingerprint density at radius 2 is 1.78 bits per heavy atom. The summed E-state index contributed by atoms with van der Waals surface area (Å²) in [5.74, 6) is -0.451. The van der Waals surface area contributed by atoms with E-state index in [4.69, 9.17) is 16.3 Å². The number of nitrogens with one attached hydrogen (secondary N) is 2. The van der Waals surface area contributed by atoms with Gasteiger partial charge in [-0.3, -0.25) is 20.4 Å². The Bertz CT molecular complexity index is 740. The molecule has 0 atom stereocenters. The van der Waals surface area contributed by atoms with Crippen molar-refractivity contribution in [1.82, 2.24) is 10.9 Å². The van der Waals surface area contributed by atoms with Crippen molar-refractivity contribution in [3.8, 4) is 5.75 Å². The predicted octanol–water partition coefficient (Wildman–Crippen LogP) is 3.71. The first-order valence-corrected chi connectivity index (χ1v) is 8.35. The van der Waals surface area contributed by atoms with Gasteiger partial charge in [-0.2, -0.15) is 0 Å². The molecule has 2 rings (SSSR count). The zero-order chi connectivity index (χ0) is 16.8. The highest BCUT2D eigenvalue weighted by atomic mass is 79.9. The van der Waals surface area contributed by atoms with Crippen LogP contribution in [-0.2, 0) is 4.79 Å². The summed E-state index contributed by atoms with van der Waals surface area (Å²) in [6.07, 6.45) is 0. The Morgan fingerprint density at radius 3 is 2.48 bits per heavy atom. The quantitative estimate of drug-likeness (QED) is 0.681. The van der Waals surface area contributed by atoms with Gasteiger partial charge in [0.1, 0.15) is 5.75 Å². The van der Waals surface area contributed by atoms with Gasteiger partial charge in [-0.05, 0) is 62.2 Å². The van der Waals surface area contributed by atoms with Gasteiger partial charge in [-0.1, -0.05) is 23.7 Å². The van der Waals surface area contributed by atoms with E-state index in [2.05, 4.69) is 42.7 Å². The zero-order valence-electron chi connectivity index (χ0n) is 11.6. The molecule has 8 heteroatoms. The molecule has 0 saturated heterocycles. The molecule has 0 fully saturated rings. The Hall–Kier alpha value is -1.57. The van der Waals surface area contributed by atoms with Crippen molar-refractivity contribution >= 4 is 55.3 Å². The zero-order valence-corrected chi connectivity index (χ0v) is 15.5. The number of amides is 2. The highest BCUT2D eigenvalue weighted by Crippen LogP contribution is 2.27. The maximum absolute atomic E-state index is 11.9. The second-order valence-corrected chi connectivity index (χ2v) is 6.49. The maximum Gasteiger partial charge on any atom is 0.276 e. The molecule has 0 bridgehead atoms. The summed E-state index contributed by atoms with van der Waals surface area (Å²) >= 11 is 12.4. The van der Waals surface area contributed by atoms with Gasteiger partial charge in [-0.25, -0.2) is 0 Å². The number of hydrogen-bond donors (Lipinski definition) is 2. The average molecular weight is 463 g/mol. The number of hydrazine groups is 1. The van der Waals surface area contributed by atoms with Crippen LogP contribution >= 0.6 is 43.5 Å². The molecular weight excluding hydrogens is 451 g/mol. The fourth-order valence-corrected chi connectivity index (χ4v) is 2.87. The van der Waals surface area contributed by atoms with E-state index in [1.54, 1.807) is 42.5 Å². The first-order chi connectivity index (χ1) is 11.0.